The Hall–Kier alpha value is -1.23. The fourth-order valence-electron chi connectivity index (χ4n) is 1.89. The molecule has 1 aliphatic heterocycles. The predicted octanol–water partition coefficient (Wildman–Crippen LogP) is 2.07. The topological polar surface area (TPSA) is 38.8 Å². The SMILES string of the molecule is CCN(CC1COc2ccccc2O1)C(=O)CBr. The van der Waals surface area contributed by atoms with Gasteiger partial charge in [-0.2, -0.15) is 0 Å². The number of fused-ring (bicyclic) bond motifs is 1. The smallest absolute Gasteiger partial charge is 0.233 e. The standard InChI is InChI=1S/C13H16BrNO3/c1-2-15(13(16)7-14)8-10-9-17-11-5-3-4-6-12(11)18-10/h3-6,10H,2,7-9H2,1H3. The molecule has 0 fully saturated rings. The number of amides is 1. The second-order valence-corrected chi connectivity index (χ2v) is 4.62. The minimum absolute atomic E-state index is 0.0694. The van der Waals surface area contributed by atoms with Crippen LogP contribution >= 0.6 is 15.9 Å². The Labute approximate surface area is 115 Å². The first-order valence-corrected chi connectivity index (χ1v) is 7.09. The number of hydrogen-bond donors (Lipinski definition) is 0. The lowest BCUT2D eigenvalue weighted by Gasteiger charge is -2.30. The number of alkyl halides is 1. The van der Waals surface area contributed by atoms with Gasteiger partial charge in [0.05, 0.1) is 11.9 Å². The molecule has 18 heavy (non-hydrogen) atoms. The van der Waals surface area contributed by atoms with E-state index in [1.165, 1.54) is 0 Å². The van der Waals surface area contributed by atoms with Crippen molar-refractivity contribution in [2.75, 3.05) is 25.0 Å². The number of para-hydroxylation sites is 2. The van der Waals surface area contributed by atoms with Gasteiger partial charge < -0.3 is 14.4 Å². The van der Waals surface area contributed by atoms with Crippen molar-refractivity contribution in [3.8, 4) is 11.5 Å². The Morgan fingerprint density at radius 2 is 2.17 bits per heavy atom. The van der Waals surface area contributed by atoms with Crippen molar-refractivity contribution in [3.05, 3.63) is 24.3 Å². The van der Waals surface area contributed by atoms with Gasteiger partial charge >= 0.3 is 0 Å². The van der Waals surface area contributed by atoms with Crippen molar-refractivity contribution in [1.82, 2.24) is 4.90 Å². The molecule has 0 aliphatic carbocycles. The average molecular weight is 314 g/mol. The van der Waals surface area contributed by atoms with Crippen LogP contribution in [0.5, 0.6) is 11.5 Å². The first-order valence-electron chi connectivity index (χ1n) is 5.96. The second-order valence-electron chi connectivity index (χ2n) is 4.06. The van der Waals surface area contributed by atoms with Crippen molar-refractivity contribution in [2.24, 2.45) is 0 Å². The summed E-state index contributed by atoms with van der Waals surface area (Å²) in [5.41, 5.74) is 0. The monoisotopic (exact) mass is 313 g/mol. The highest BCUT2D eigenvalue weighted by Crippen LogP contribution is 2.30. The van der Waals surface area contributed by atoms with Gasteiger partial charge in [0.2, 0.25) is 5.91 Å². The van der Waals surface area contributed by atoms with E-state index in [0.29, 0.717) is 25.0 Å². The highest BCUT2D eigenvalue weighted by molar-refractivity contribution is 9.09. The minimum atomic E-state index is -0.108. The van der Waals surface area contributed by atoms with Gasteiger partial charge in [-0.3, -0.25) is 4.79 Å². The molecule has 1 heterocycles. The number of likely N-dealkylation sites (N-methyl/N-ethyl adjacent to an activating group) is 1. The van der Waals surface area contributed by atoms with Crippen LogP contribution in [0.4, 0.5) is 0 Å². The minimum Gasteiger partial charge on any atom is -0.486 e. The van der Waals surface area contributed by atoms with Crippen molar-refractivity contribution in [3.63, 3.8) is 0 Å². The van der Waals surface area contributed by atoms with E-state index in [-0.39, 0.29) is 12.0 Å². The van der Waals surface area contributed by atoms with Gasteiger partial charge in [-0.15, -0.1) is 0 Å². The lowest BCUT2D eigenvalue weighted by molar-refractivity contribution is -0.129. The quantitative estimate of drug-likeness (QED) is 0.799. The number of carbonyl (C=O) groups is 1. The van der Waals surface area contributed by atoms with Crippen molar-refractivity contribution in [1.29, 1.82) is 0 Å². The van der Waals surface area contributed by atoms with Crippen LogP contribution in [-0.2, 0) is 4.79 Å². The molecule has 0 radical (unpaired) electrons. The van der Waals surface area contributed by atoms with Gasteiger partial charge in [-0.1, -0.05) is 28.1 Å². The van der Waals surface area contributed by atoms with Crippen molar-refractivity contribution < 1.29 is 14.3 Å². The zero-order valence-electron chi connectivity index (χ0n) is 10.3. The van der Waals surface area contributed by atoms with E-state index in [1.807, 2.05) is 31.2 Å². The maximum atomic E-state index is 11.6. The number of hydrogen-bond acceptors (Lipinski definition) is 3. The fraction of sp³-hybridized carbons (Fsp3) is 0.462. The zero-order chi connectivity index (χ0) is 13.0. The van der Waals surface area contributed by atoms with Gasteiger partial charge in [0.1, 0.15) is 6.61 Å². The molecule has 1 unspecified atom stereocenters. The number of benzene rings is 1. The third-order valence-corrected chi connectivity index (χ3v) is 3.32. The van der Waals surface area contributed by atoms with E-state index in [2.05, 4.69) is 15.9 Å². The largest absolute Gasteiger partial charge is 0.486 e. The van der Waals surface area contributed by atoms with Gasteiger partial charge in [0.15, 0.2) is 17.6 Å². The summed E-state index contributed by atoms with van der Waals surface area (Å²) in [5.74, 6) is 1.58. The second kappa shape index (κ2) is 6.09. The molecule has 0 saturated heterocycles. The Balaban J connectivity index is 1.98. The summed E-state index contributed by atoms with van der Waals surface area (Å²) in [7, 11) is 0. The number of halogens is 1. The van der Waals surface area contributed by atoms with Gasteiger partial charge in [0.25, 0.3) is 0 Å². The number of nitrogens with zero attached hydrogens (tertiary/aromatic N) is 1. The van der Waals surface area contributed by atoms with Gasteiger partial charge in [-0.25, -0.2) is 0 Å². The van der Waals surface area contributed by atoms with Gasteiger partial charge in [0, 0.05) is 6.54 Å². The number of rotatable bonds is 4. The summed E-state index contributed by atoms with van der Waals surface area (Å²) in [5, 5.41) is 0.338. The summed E-state index contributed by atoms with van der Waals surface area (Å²) in [6, 6.07) is 7.58. The van der Waals surface area contributed by atoms with Crippen LogP contribution in [0.15, 0.2) is 24.3 Å². The first kappa shape index (κ1) is 13.2. The summed E-state index contributed by atoms with van der Waals surface area (Å²) in [6.07, 6.45) is -0.108. The molecule has 1 aromatic rings. The van der Waals surface area contributed by atoms with E-state index in [1.54, 1.807) is 4.90 Å². The highest BCUT2D eigenvalue weighted by atomic mass is 79.9. The van der Waals surface area contributed by atoms with Crippen LogP contribution in [0.3, 0.4) is 0 Å². The molecule has 1 aliphatic rings. The Kier molecular flexibility index (Phi) is 4.47. The molecular formula is C13H16BrNO3. The van der Waals surface area contributed by atoms with Crippen LogP contribution < -0.4 is 9.47 Å². The van der Waals surface area contributed by atoms with Crippen LogP contribution in [0.1, 0.15) is 6.92 Å². The van der Waals surface area contributed by atoms with Crippen molar-refractivity contribution >= 4 is 21.8 Å². The zero-order valence-corrected chi connectivity index (χ0v) is 11.9. The first-order chi connectivity index (χ1) is 8.74. The molecule has 1 atom stereocenters. The van der Waals surface area contributed by atoms with E-state index in [4.69, 9.17) is 9.47 Å². The summed E-state index contributed by atoms with van der Waals surface area (Å²) >= 11 is 3.18. The van der Waals surface area contributed by atoms with Crippen molar-refractivity contribution in [2.45, 2.75) is 13.0 Å². The highest BCUT2D eigenvalue weighted by Gasteiger charge is 2.24. The fourth-order valence-corrected chi connectivity index (χ4v) is 2.25. The maximum Gasteiger partial charge on any atom is 0.233 e. The summed E-state index contributed by atoms with van der Waals surface area (Å²) in [6.45, 7) is 3.66. The molecule has 0 N–H and O–H groups in total. The van der Waals surface area contributed by atoms with Crippen LogP contribution in [0.2, 0.25) is 0 Å². The molecule has 5 heteroatoms. The lowest BCUT2D eigenvalue weighted by atomic mass is 10.2. The molecule has 2 rings (SSSR count). The van der Waals surface area contributed by atoms with Crippen LogP contribution in [0, 0.1) is 0 Å². The number of ether oxygens (including phenoxy) is 2. The Bertz CT molecular complexity index is 424. The Morgan fingerprint density at radius 3 is 2.83 bits per heavy atom. The molecule has 0 saturated carbocycles. The molecule has 1 amide bonds. The third-order valence-electron chi connectivity index (χ3n) is 2.84. The summed E-state index contributed by atoms with van der Waals surface area (Å²) < 4.78 is 11.4. The average Bonchev–Trinajstić information content (AvgIpc) is 2.43. The van der Waals surface area contributed by atoms with Gasteiger partial charge in [-0.05, 0) is 19.1 Å². The predicted molar refractivity (Wildman–Crippen MR) is 72.4 cm³/mol. The normalized spacial score (nSPS) is 17.3. The van der Waals surface area contributed by atoms with E-state index >= 15 is 0 Å². The van der Waals surface area contributed by atoms with E-state index in [0.717, 1.165) is 11.5 Å². The molecule has 0 aromatic heterocycles. The van der Waals surface area contributed by atoms with Crippen LogP contribution in [-0.4, -0.2) is 41.9 Å². The summed E-state index contributed by atoms with van der Waals surface area (Å²) in [4.78, 5) is 13.4. The molecule has 98 valence electrons. The molecule has 0 spiro atoms. The third kappa shape index (κ3) is 2.96. The number of carbonyl (C=O) groups excluding carboxylic acids is 1. The lowest BCUT2D eigenvalue weighted by Crippen LogP contribution is -2.44. The molecule has 1 aromatic carbocycles. The van der Waals surface area contributed by atoms with E-state index in [9.17, 15) is 4.79 Å². The molecular weight excluding hydrogens is 298 g/mol. The van der Waals surface area contributed by atoms with Crippen LogP contribution in [0.25, 0.3) is 0 Å². The Morgan fingerprint density at radius 1 is 1.44 bits per heavy atom. The van der Waals surface area contributed by atoms with E-state index < -0.39 is 0 Å². The maximum absolute atomic E-state index is 11.6. The molecule has 4 nitrogen and oxygen atoms in total. The molecule has 0 bridgehead atoms.